The van der Waals surface area contributed by atoms with E-state index in [0.717, 1.165) is 0 Å². The SMILES string of the molecule is Fc1cc(F)c(-c2nc3ccccc3o2)c(F)c1. The summed E-state index contributed by atoms with van der Waals surface area (Å²) in [5.74, 6) is -3.27. The molecule has 3 rings (SSSR count). The predicted octanol–water partition coefficient (Wildman–Crippen LogP) is 3.91. The molecule has 2 aromatic carbocycles. The lowest BCUT2D eigenvalue weighted by atomic mass is 10.2. The summed E-state index contributed by atoms with van der Waals surface area (Å²) in [4.78, 5) is 3.97. The summed E-state index contributed by atoms with van der Waals surface area (Å²) in [6, 6.07) is 7.91. The fraction of sp³-hybridized carbons (Fsp3) is 0. The third-order valence-electron chi connectivity index (χ3n) is 2.51. The highest BCUT2D eigenvalue weighted by Gasteiger charge is 2.18. The minimum Gasteiger partial charge on any atom is -0.436 e. The highest BCUT2D eigenvalue weighted by atomic mass is 19.1. The smallest absolute Gasteiger partial charge is 0.233 e. The third-order valence-corrected chi connectivity index (χ3v) is 2.51. The fourth-order valence-corrected chi connectivity index (χ4v) is 1.73. The molecule has 0 fully saturated rings. The van der Waals surface area contributed by atoms with Crippen molar-refractivity contribution < 1.29 is 17.6 Å². The van der Waals surface area contributed by atoms with Crippen LogP contribution in [0.4, 0.5) is 13.2 Å². The summed E-state index contributed by atoms with van der Waals surface area (Å²) >= 11 is 0. The van der Waals surface area contributed by atoms with E-state index in [9.17, 15) is 13.2 Å². The summed E-state index contributed by atoms with van der Waals surface area (Å²) in [6.07, 6.45) is 0. The second-order valence-corrected chi connectivity index (χ2v) is 3.73. The molecule has 18 heavy (non-hydrogen) atoms. The molecule has 0 bridgehead atoms. The zero-order valence-electron chi connectivity index (χ0n) is 8.95. The average molecular weight is 249 g/mol. The van der Waals surface area contributed by atoms with Crippen LogP contribution in [0.1, 0.15) is 0 Å². The summed E-state index contributed by atoms with van der Waals surface area (Å²) < 4.78 is 45.1. The molecule has 0 saturated carbocycles. The number of nitrogens with zero attached hydrogens (tertiary/aromatic N) is 1. The quantitative estimate of drug-likeness (QED) is 0.653. The van der Waals surface area contributed by atoms with Gasteiger partial charge in [-0.2, -0.15) is 0 Å². The Hall–Kier alpha value is -2.30. The molecule has 0 spiro atoms. The number of para-hydroxylation sites is 2. The van der Waals surface area contributed by atoms with Gasteiger partial charge in [-0.1, -0.05) is 12.1 Å². The highest BCUT2D eigenvalue weighted by Crippen LogP contribution is 2.29. The number of oxazole rings is 1. The van der Waals surface area contributed by atoms with Gasteiger partial charge in [0.25, 0.3) is 0 Å². The summed E-state index contributed by atoms with van der Waals surface area (Å²) in [5.41, 5.74) is 0.429. The highest BCUT2D eigenvalue weighted by molar-refractivity contribution is 5.76. The van der Waals surface area contributed by atoms with Gasteiger partial charge in [0, 0.05) is 12.1 Å². The molecule has 1 heterocycles. The molecular formula is C13H6F3NO. The molecule has 3 aromatic rings. The van der Waals surface area contributed by atoms with Crippen molar-refractivity contribution in [1.82, 2.24) is 4.98 Å². The van der Waals surface area contributed by atoms with Gasteiger partial charge in [-0.3, -0.25) is 0 Å². The first-order valence-electron chi connectivity index (χ1n) is 5.15. The first-order valence-corrected chi connectivity index (χ1v) is 5.15. The molecular weight excluding hydrogens is 243 g/mol. The number of fused-ring (bicyclic) bond motifs is 1. The lowest BCUT2D eigenvalue weighted by molar-refractivity contribution is 0.534. The van der Waals surface area contributed by atoms with Gasteiger partial charge in [-0.25, -0.2) is 18.2 Å². The maximum Gasteiger partial charge on any atom is 0.233 e. The van der Waals surface area contributed by atoms with Crippen molar-refractivity contribution in [2.24, 2.45) is 0 Å². The molecule has 0 saturated heterocycles. The van der Waals surface area contributed by atoms with Crippen molar-refractivity contribution in [2.75, 3.05) is 0 Å². The van der Waals surface area contributed by atoms with Crippen molar-refractivity contribution in [1.29, 1.82) is 0 Å². The van der Waals surface area contributed by atoms with Gasteiger partial charge in [0.2, 0.25) is 5.89 Å². The van der Waals surface area contributed by atoms with E-state index in [1.165, 1.54) is 0 Å². The maximum absolute atomic E-state index is 13.5. The molecule has 0 N–H and O–H groups in total. The topological polar surface area (TPSA) is 26.0 Å². The van der Waals surface area contributed by atoms with E-state index in [0.29, 0.717) is 23.2 Å². The molecule has 0 aliphatic heterocycles. The van der Waals surface area contributed by atoms with E-state index in [2.05, 4.69) is 4.98 Å². The number of benzene rings is 2. The van der Waals surface area contributed by atoms with Gasteiger partial charge in [-0.05, 0) is 12.1 Å². The molecule has 1 aromatic heterocycles. The monoisotopic (exact) mass is 249 g/mol. The van der Waals surface area contributed by atoms with E-state index in [1.807, 2.05) is 0 Å². The zero-order chi connectivity index (χ0) is 12.7. The Morgan fingerprint density at radius 3 is 2.28 bits per heavy atom. The van der Waals surface area contributed by atoms with Gasteiger partial charge in [0.1, 0.15) is 28.5 Å². The Kier molecular flexibility index (Phi) is 2.33. The van der Waals surface area contributed by atoms with Gasteiger partial charge >= 0.3 is 0 Å². The van der Waals surface area contributed by atoms with Gasteiger partial charge in [-0.15, -0.1) is 0 Å². The predicted molar refractivity (Wildman–Crippen MR) is 59.3 cm³/mol. The van der Waals surface area contributed by atoms with E-state index < -0.39 is 23.0 Å². The third kappa shape index (κ3) is 1.64. The Morgan fingerprint density at radius 2 is 1.61 bits per heavy atom. The molecule has 5 heteroatoms. The molecule has 0 unspecified atom stereocenters. The second-order valence-electron chi connectivity index (χ2n) is 3.73. The van der Waals surface area contributed by atoms with E-state index in [4.69, 9.17) is 4.42 Å². The summed E-state index contributed by atoms with van der Waals surface area (Å²) in [6.45, 7) is 0. The number of halogens is 3. The number of hydrogen-bond acceptors (Lipinski definition) is 2. The number of aromatic nitrogens is 1. The zero-order valence-corrected chi connectivity index (χ0v) is 8.95. The first kappa shape index (κ1) is 10.8. The van der Waals surface area contributed by atoms with Crippen molar-refractivity contribution in [3.05, 3.63) is 53.8 Å². The molecule has 0 atom stereocenters. The van der Waals surface area contributed by atoms with Crippen LogP contribution >= 0.6 is 0 Å². The maximum atomic E-state index is 13.5. The van der Waals surface area contributed by atoms with Crippen LogP contribution in [-0.4, -0.2) is 4.98 Å². The van der Waals surface area contributed by atoms with Crippen molar-refractivity contribution in [3.8, 4) is 11.5 Å². The van der Waals surface area contributed by atoms with Crippen molar-refractivity contribution in [2.45, 2.75) is 0 Å². The molecule has 0 radical (unpaired) electrons. The van der Waals surface area contributed by atoms with Crippen LogP contribution < -0.4 is 0 Å². The van der Waals surface area contributed by atoms with Crippen LogP contribution in [0, 0.1) is 17.5 Å². The minimum absolute atomic E-state index is 0.203. The van der Waals surface area contributed by atoms with Gasteiger partial charge < -0.3 is 4.42 Å². The average Bonchev–Trinajstić information content (AvgIpc) is 2.70. The fourth-order valence-electron chi connectivity index (χ4n) is 1.73. The molecule has 90 valence electrons. The molecule has 0 aliphatic rings. The van der Waals surface area contributed by atoms with Crippen molar-refractivity contribution in [3.63, 3.8) is 0 Å². The summed E-state index contributed by atoms with van der Waals surface area (Å²) in [5, 5.41) is 0. The van der Waals surface area contributed by atoms with Crippen LogP contribution in [0.15, 0.2) is 40.8 Å². The van der Waals surface area contributed by atoms with Crippen LogP contribution in [0.3, 0.4) is 0 Å². The van der Waals surface area contributed by atoms with Crippen LogP contribution in [-0.2, 0) is 0 Å². The normalized spacial score (nSPS) is 11.1. The van der Waals surface area contributed by atoms with Crippen LogP contribution in [0.2, 0.25) is 0 Å². The Morgan fingerprint density at radius 1 is 0.944 bits per heavy atom. The lowest BCUT2D eigenvalue weighted by Gasteiger charge is -2.00. The lowest BCUT2D eigenvalue weighted by Crippen LogP contribution is -1.92. The molecule has 0 amide bonds. The van der Waals surface area contributed by atoms with Gasteiger partial charge in [0.15, 0.2) is 5.58 Å². The summed E-state index contributed by atoms with van der Waals surface area (Å²) in [7, 11) is 0. The number of hydrogen-bond donors (Lipinski definition) is 0. The minimum atomic E-state index is -1.04. The Balaban J connectivity index is 2.26. The Bertz CT molecular complexity index is 680. The van der Waals surface area contributed by atoms with E-state index in [1.54, 1.807) is 24.3 Å². The largest absolute Gasteiger partial charge is 0.436 e. The number of rotatable bonds is 1. The van der Waals surface area contributed by atoms with Crippen LogP contribution in [0.25, 0.3) is 22.6 Å². The molecule has 0 aliphatic carbocycles. The molecule has 2 nitrogen and oxygen atoms in total. The standard InChI is InChI=1S/C13H6F3NO/c14-7-5-8(15)12(9(16)6-7)13-17-10-3-1-2-4-11(10)18-13/h1-6H. The van der Waals surface area contributed by atoms with Crippen LogP contribution in [0.5, 0.6) is 0 Å². The Labute approximate surface area is 99.7 Å². The second kappa shape index (κ2) is 3.87. The van der Waals surface area contributed by atoms with E-state index in [-0.39, 0.29) is 5.89 Å². The first-order chi connectivity index (χ1) is 8.65. The van der Waals surface area contributed by atoms with Crippen molar-refractivity contribution >= 4 is 11.1 Å². The van der Waals surface area contributed by atoms with E-state index >= 15 is 0 Å². The van der Waals surface area contributed by atoms with Gasteiger partial charge in [0.05, 0.1) is 0 Å².